The number of anilines is 1. The number of fused-ring (bicyclic) bond motifs is 5. The molecule has 0 amide bonds. The maximum Gasteiger partial charge on any atom is 0.283 e. The summed E-state index contributed by atoms with van der Waals surface area (Å²) in [5.41, 5.74) is 4.01. The fourth-order valence-corrected chi connectivity index (χ4v) is 4.99. The van der Waals surface area contributed by atoms with Gasteiger partial charge in [-0.1, -0.05) is 6.07 Å². The SMILES string of the molecule is O=c1nc2n(C3COC3)c3cc(N4CCNCC4)ccc3n2c2cccc(Br)c12. The highest BCUT2D eigenvalue weighted by molar-refractivity contribution is 9.10. The van der Waals surface area contributed by atoms with Crippen molar-refractivity contribution in [2.75, 3.05) is 44.3 Å². The molecule has 7 nitrogen and oxygen atoms in total. The Balaban J connectivity index is 1.71. The van der Waals surface area contributed by atoms with Gasteiger partial charge in [-0.3, -0.25) is 9.20 Å². The number of nitrogens with one attached hydrogen (secondary N) is 1. The Morgan fingerprint density at radius 1 is 1.07 bits per heavy atom. The first-order valence-corrected chi connectivity index (χ1v) is 10.7. The van der Waals surface area contributed by atoms with Crippen LogP contribution in [0.3, 0.4) is 0 Å². The van der Waals surface area contributed by atoms with Crippen molar-refractivity contribution in [3.05, 3.63) is 51.2 Å². The minimum atomic E-state index is -0.209. The van der Waals surface area contributed by atoms with Crippen LogP contribution in [0.4, 0.5) is 5.69 Å². The van der Waals surface area contributed by atoms with Crippen molar-refractivity contribution in [2.45, 2.75) is 6.04 Å². The average molecular weight is 454 g/mol. The van der Waals surface area contributed by atoms with Gasteiger partial charge < -0.3 is 19.5 Å². The molecule has 2 aliphatic heterocycles. The number of hydrogen-bond donors (Lipinski definition) is 1. The predicted octanol–water partition coefficient (Wildman–Crippen LogP) is 2.55. The number of benzene rings is 2. The molecular formula is C21H20BrN5O2. The summed E-state index contributed by atoms with van der Waals surface area (Å²) in [6, 6.07) is 12.6. The van der Waals surface area contributed by atoms with Crippen LogP contribution in [-0.2, 0) is 4.74 Å². The molecule has 4 heterocycles. The highest BCUT2D eigenvalue weighted by Gasteiger charge is 2.27. The van der Waals surface area contributed by atoms with Crippen molar-refractivity contribution in [3.8, 4) is 0 Å². The van der Waals surface area contributed by atoms with Crippen LogP contribution in [0.5, 0.6) is 0 Å². The number of imidazole rings is 1. The Bertz CT molecular complexity index is 1320. The summed E-state index contributed by atoms with van der Waals surface area (Å²) in [6.07, 6.45) is 0. The van der Waals surface area contributed by atoms with E-state index in [-0.39, 0.29) is 11.6 Å². The summed E-state index contributed by atoms with van der Waals surface area (Å²) in [5.74, 6) is 0.682. The molecule has 1 N–H and O–H groups in total. The Labute approximate surface area is 175 Å². The van der Waals surface area contributed by atoms with Gasteiger partial charge in [-0.25, -0.2) is 0 Å². The maximum absolute atomic E-state index is 12.9. The number of ether oxygens (including phenoxy) is 1. The Morgan fingerprint density at radius 3 is 2.66 bits per heavy atom. The average Bonchev–Trinajstić information content (AvgIpc) is 3.01. The fraction of sp³-hybridized carbons (Fsp3) is 0.333. The van der Waals surface area contributed by atoms with E-state index in [0.29, 0.717) is 24.4 Å². The highest BCUT2D eigenvalue weighted by Crippen LogP contribution is 2.33. The molecule has 2 saturated heterocycles. The van der Waals surface area contributed by atoms with E-state index < -0.39 is 0 Å². The third kappa shape index (κ3) is 2.56. The summed E-state index contributed by atoms with van der Waals surface area (Å²) >= 11 is 3.53. The molecule has 0 atom stereocenters. The van der Waals surface area contributed by atoms with E-state index in [4.69, 9.17) is 4.74 Å². The first-order valence-electron chi connectivity index (χ1n) is 9.91. The zero-order valence-electron chi connectivity index (χ0n) is 15.8. The lowest BCUT2D eigenvalue weighted by atomic mass is 10.2. The summed E-state index contributed by atoms with van der Waals surface area (Å²) in [4.78, 5) is 19.8. The zero-order chi connectivity index (χ0) is 19.5. The van der Waals surface area contributed by atoms with E-state index in [0.717, 1.165) is 47.2 Å². The first kappa shape index (κ1) is 17.4. The van der Waals surface area contributed by atoms with Gasteiger partial charge in [-0.2, -0.15) is 4.98 Å². The summed E-state index contributed by atoms with van der Waals surface area (Å²) < 4.78 is 10.5. The van der Waals surface area contributed by atoms with E-state index in [2.05, 4.69) is 58.3 Å². The highest BCUT2D eigenvalue weighted by atomic mass is 79.9. The number of piperazine rings is 1. The number of hydrogen-bond acceptors (Lipinski definition) is 5. The van der Waals surface area contributed by atoms with Crippen LogP contribution in [0.2, 0.25) is 0 Å². The molecule has 0 saturated carbocycles. The van der Waals surface area contributed by atoms with E-state index in [1.54, 1.807) is 0 Å². The number of aromatic nitrogens is 3. The number of nitrogens with zero attached hydrogens (tertiary/aromatic N) is 4. The third-order valence-corrected chi connectivity index (χ3v) is 6.65. The van der Waals surface area contributed by atoms with Crippen molar-refractivity contribution < 1.29 is 4.74 Å². The van der Waals surface area contributed by atoms with Gasteiger partial charge in [0.25, 0.3) is 5.56 Å². The third-order valence-electron chi connectivity index (χ3n) is 5.99. The van der Waals surface area contributed by atoms with Crippen LogP contribution in [0.1, 0.15) is 6.04 Å². The summed E-state index contributed by atoms with van der Waals surface area (Å²) in [7, 11) is 0. The van der Waals surface area contributed by atoms with Crippen molar-refractivity contribution in [1.82, 2.24) is 19.3 Å². The molecule has 0 spiro atoms. The molecule has 148 valence electrons. The van der Waals surface area contributed by atoms with Crippen molar-refractivity contribution >= 4 is 49.3 Å². The molecule has 0 bridgehead atoms. The molecule has 2 aromatic heterocycles. The lowest BCUT2D eigenvalue weighted by Crippen LogP contribution is -2.43. The largest absolute Gasteiger partial charge is 0.377 e. The van der Waals surface area contributed by atoms with Gasteiger partial charge in [0.05, 0.1) is 41.2 Å². The van der Waals surface area contributed by atoms with Gasteiger partial charge in [0.15, 0.2) is 0 Å². The molecule has 6 rings (SSSR count). The monoisotopic (exact) mass is 453 g/mol. The van der Waals surface area contributed by atoms with E-state index >= 15 is 0 Å². The van der Waals surface area contributed by atoms with Gasteiger partial charge >= 0.3 is 0 Å². The van der Waals surface area contributed by atoms with Crippen LogP contribution in [0.15, 0.2) is 45.7 Å². The van der Waals surface area contributed by atoms with Gasteiger partial charge in [0.1, 0.15) is 0 Å². The molecular weight excluding hydrogens is 434 g/mol. The molecule has 8 heteroatoms. The standard InChI is InChI=1S/C21H20BrN5O2/c22-15-2-1-3-17-19(15)20(28)24-21-26(14-11-29-12-14)18-10-13(4-5-16(18)27(17)21)25-8-6-23-7-9-25/h1-5,10,14,23H,6-9,11-12H2. The molecule has 0 unspecified atom stereocenters. The topological polar surface area (TPSA) is 63.8 Å². The second-order valence-electron chi connectivity index (χ2n) is 7.66. The normalized spacial score (nSPS) is 18.0. The van der Waals surface area contributed by atoms with Crippen LogP contribution in [0, 0.1) is 0 Å². The minimum absolute atomic E-state index is 0.192. The maximum atomic E-state index is 12.9. The zero-order valence-corrected chi connectivity index (χ0v) is 17.4. The molecule has 29 heavy (non-hydrogen) atoms. The lowest BCUT2D eigenvalue weighted by Gasteiger charge is -2.30. The van der Waals surface area contributed by atoms with Crippen LogP contribution in [-0.4, -0.2) is 53.3 Å². The smallest absolute Gasteiger partial charge is 0.283 e. The molecule has 0 radical (unpaired) electrons. The van der Waals surface area contributed by atoms with Gasteiger partial charge in [-0.05, 0) is 46.3 Å². The van der Waals surface area contributed by atoms with Crippen molar-refractivity contribution in [2.24, 2.45) is 0 Å². The Hall–Kier alpha value is -2.42. The van der Waals surface area contributed by atoms with E-state index in [1.807, 2.05) is 18.2 Å². The molecule has 2 fully saturated rings. The minimum Gasteiger partial charge on any atom is -0.377 e. The second kappa shape index (κ2) is 6.55. The second-order valence-corrected chi connectivity index (χ2v) is 8.51. The molecule has 0 aliphatic carbocycles. The van der Waals surface area contributed by atoms with Gasteiger partial charge in [0, 0.05) is 36.3 Å². The first-order chi connectivity index (χ1) is 14.2. The summed E-state index contributed by atoms with van der Waals surface area (Å²) in [6.45, 7) is 5.25. The van der Waals surface area contributed by atoms with Gasteiger partial charge in [-0.15, -0.1) is 0 Å². The predicted molar refractivity (Wildman–Crippen MR) is 117 cm³/mol. The number of rotatable bonds is 2. The van der Waals surface area contributed by atoms with Crippen molar-refractivity contribution in [1.29, 1.82) is 0 Å². The van der Waals surface area contributed by atoms with Crippen LogP contribution in [0.25, 0.3) is 27.7 Å². The molecule has 4 aromatic rings. The van der Waals surface area contributed by atoms with Crippen LogP contribution < -0.4 is 15.8 Å². The Kier molecular flexibility index (Phi) is 3.94. The quantitative estimate of drug-likeness (QED) is 0.505. The van der Waals surface area contributed by atoms with Gasteiger partial charge in [0.2, 0.25) is 5.78 Å². The lowest BCUT2D eigenvalue weighted by molar-refractivity contribution is -0.0201. The van der Waals surface area contributed by atoms with Crippen molar-refractivity contribution in [3.63, 3.8) is 0 Å². The molecule has 2 aromatic carbocycles. The molecule has 2 aliphatic rings. The summed E-state index contributed by atoms with van der Waals surface area (Å²) in [5, 5.41) is 4.02. The fourth-order valence-electron chi connectivity index (χ4n) is 4.47. The van der Waals surface area contributed by atoms with E-state index in [1.165, 1.54) is 5.69 Å². The van der Waals surface area contributed by atoms with E-state index in [9.17, 15) is 4.79 Å². The van der Waals surface area contributed by atoms with Crippen LogP contribution >= 0.6 is 15.9 Å². The Morgan fingerprint density at radius 2 is 1.90 bits per heavy atom. The number of halogens is 1.